The van der Waals surface area contributed by atoms with Crippen LogP contribution in [-0.4, -0.2) is 61.7 Å². The summed E-state index contributed by atoms with van der Waals surface area (Å²) in [6, 6.07) is 8.21. The van der Waals surface area contributed by atoms with E-state index in [0.717, 1.165) is 5.56 Å². The van der Waals surface area contributed by atoms with Crippen LogP contribution >= 0.6 is 0 Å². The van der Waals surface area contributed by atoms with Gasteiger partial charge in [0.15, 0.2) is 0 Å². The Hall–Kier alpha value is -3.63. The summed E-state index contributed by atoms with van der Waals surface area (Å²) in [6.07, 6.45) is -0.777. The lowest BCUT2D eigenvalue weighted by Crippen LogP contribution is -2.41. The third kappa shape index (κ3) is 8.43. The summed E-state index contributed by atoms with van der Waals surface area (Å²) in [5.41, 5.74) is 0.0752. The van der Waals surface area contributed by atoms with Gasteiger partial charge in [-0.1, -0.05) is 30.3 Å². The van der Waals surface area contributed by atoms with Gasteiger partial charge in [0.2, 0.25) is 11.8 Å². The van der Waals surface area contributed by atoms with Crippen LogP contribution in [0.15, 0.2) is 30.3 Å². The Morgan fingerprint density at radius 3 is 2.21 bits per heavy atom. The molecule has 0 aromatic heterocycles. The van der Waals surface area contributed by atoms with Gasteiger partial charge in [0.05, 0.1) is 25.0 Å². The van der Waals surface area contributed by atoms with Crippen molar-refractivity contribution < 1.29 is 38.2 Å². The molecular weight excluding hydrogens is 434 g/mol. The van der Waals surface area contributed by atoms with Crippen molar-refractivity contribution in [3.05, 3.63) is 35.9 Å². The van der Waals surface area contributed by atoms with Crippen molar-refractivity contribution in [2.24, 2.45) is 11.8 Å². The molecule has 0 unspecified atom stereocenters. The summed E-state index contributed by atoms with van der Waals surface area (Å²) < 4.78 is 14.8. The molecule has 0 spiro atoms. The van der Waals surface area contributed by atoms with Crippen LogP contribution in [0.4, 0.5) is 4.79 Å². The van der Waals surface area contributed by atoms with E-state index in [-0.39, 0.29) is 6.61 Å². The monoisotopic (exact) mass is 463 g/mol. The highest BCUT2D eigenvalue weighted by Gasteiger charge is 2.60. The van der Waals surface area contributed by atoms with Gasteiger partial charge < -0.3 is 30.2 Å². The van der Waals surface area contributed by atoms with Gasteiger partial charge in [0.25, 0.3) is 0 Å². The van der Waals surface area contributed by atoms with Gasteiger partial charge >= 0.3 is 18.0 Å². The molecule has 3 atom stereocenters. The predicted octanol–water partition coefficient (Wildman–Crippen LogP) is 0.275. The highest BCUT2D eigenvalue weighted by atomic mass is 16.6. The summed E-state index contributed by atoms with van der Waals surface area (Å²) >= 11 is 0. The molecule has 0 heterocycles. The molecule has 0 radical (unpaired) electrons. The van der Waals surface area contributed by atoms with Crippen LogP contribution < -0.4 is 16.0 Å². The van der Waals surface area contributed by atoms with E-state index in [1.165, 1.54) is 7.11 Å². The Morgan fingerprint density at radius 1 is 0.939 bits per heavy atom. The van der Waals surface area contributed by atoms with Gasteiger partial charge in [-0.25, -0.2) is 4.79 Å². The molecule has 2 rings (SSSR count). The molecule has 1 aliphatic carbocycles. The molecule has 0 saturated heterocycles. The number of esters is 2. The van der Waals surface area contributed by atoms with Crippen molar-refractivity contribution in [2.75, 3.05) is 20.2 Å². The van der Waals surface area contributed by atoms with E-state index in [4.69, 9.17) is 9.47 Å². The van der Waals surface area contributed by atoms with Crippen LogP contribution in [-0.2, 0) is 40.0 Å². The standard InChI is InChI=1S/C22H29N3O8/c1-22(2,3)33-21(30)24-10-14(26)25-18-16(17(18)20(29)31-4)19(28)23-11-15(27)32-12-13-8-6-5-7-9-13/h5-9,16-18H,10-12H2,1-4H3,(H,23,28)(H,24,30)(H,25,26)/t16-,17-,18+/m1/s1. The average molecular weight is 463 g/mol. The van der Waals surface area contributed by atoms with Crippen molar-refractivity contribution in [3.8, 4) is 0 Å². The summed E-state index contributed by atoms with van der Waals surface area (Å²) in [6.45, 7) is 4.30. The number of alkyl carbamates (subject to hydrolysis) is 1. The number of hydrogen-bond acceptors (Lipinski definition) is 8. The summed E-state index contributed by atoms with van der Waals surface area (Å²) in [5.74, 6) is -4.35. The zero-order valence-corrected chi connectivity index (χ0v) is 19.0. The van der Waals surface area contributed by atoms with Crippen LogP contribution in [0.25, 0.3) is 0 Å². The normalized spacial score (nSPS) is 19.0. The molecule has 3 amide bonds. The van der Waals surface area contributed by atoms with Crippen molar-refractivity contribution in [1.82, 2.24) is 16.0 Å². The van der Waals surface area contributed by atoms with E-state index >= 15 is 0 Å². The molecule has 11 heteroatoms. The Labute approximate surface area is 191 Å². The zero-order chi connectivity index (χ0) is 24.6. The second kappa shape index (κ2) is 11.3. The van der Waals surface area contributed by atoms with Crippen molar-refractivity contribution in [3.63, 3.8) is 0 Å². The maximum Gasteiger partial charge on any atom is 0.408 e. The summed E-state index contributed by atoms with van der Waals surface area (Å²) in [4.78, 5) is 60.1. The fourth-order valence-corrected chi connectivity index (χ4v) is 3.02. The first kappa shape index (κ1) is 25.6. The molecule has 3 N–H and O–H groups in total. The SMILES string of the molecule is COC(=O)[C@H]1[C@@H](NC(=O)CNC(=O)OC(C)(C)C)[C@@H]1C(=O)NCC(=O)OCc1ccccc1. The third-order valence-corrected chi connectivity index (χ3v) is 4.57. The minimum absolute atomic E-state index is 0.0626. The number of methoxy groups -OCH3 is 1. The van der Waals surface area contributed by atoms with Crippen LogP contribution in [0, 0.1) is 11.8 Å². The molecule has 0 aliphatic heterocycles. The lowest BCUT2D eigenvalue weighted by molar-refractivity contribution is -0.145. The van der Waals surface area contributed by atoms with Crippen LogP contribution in [0.1, 0.15) is 26.3 Å². The van der Waals surface area contributed by atoms with Crippen LogP contribution in [0.2, 0.25) is 0 Å². The molecular formula is C22H29N3O8. The van der Waals surface area contributed by atoms with Gasteiger partial charge in [-0.15, -0.1) is 0 Å². The second-order valence-electron chi connectivity index (χ2n) is 8.39. The first-order valence-electron chi connectivity index (χ1n) is 10.3. The fraction of sp³-hybridized carbons (Fsp3) is 0.500. The van der Waals surface area contributed by atoms with E-state index < -0.39 is 66.4 Å². The molecule has 1 saturated carbocycles. The topological polar surface area (TPSA) is 149 Å². The highest BCUT2D eigenvalue weighted by molar-refractivity contribution is 5.95. The van der Waals surface area contributed by atoms with E-state index in [1.54, 1.807) is 32.9 Å². The molecule has 33 heavy (non-hydrogen) atoms. The molecule has 180 valence electrons. The number of amides is 3. The third-order valence-electron chi connectivity index (χ3n) is 4.57. The molecule has 1 aromatic rings. The maximum atomic E-state index is 12.5. The smallest absolute Gasteiger partial charge is 0.408 e. The number of carbonyl (C=O) groups excluding carboxylic acids is 5. The van der Waals surface area contributed by atoms with Crippen LogP contribution in [0.5, 0.6) is 0 Å². The van der Waals surface area contributed by atoms with E-state index in [9.17, 15) is 24.0 Å². The molecule has 0 bridgehead atoms. The van der Waals surface area contributed by atoms with Crippen LogP contribution in [0.3, 0.4) is 0 Å². The highest BCUT2D eigenvalue weighted by Crippen LogP contribution is 2.40. The number of rotatable bonds is 9. The van der Waals surface area contributed by atoms with E-state index in [0.29, 0.717) is 0 Å². The second-order valence-corrected chi connectivity index (χ2v) is 8.39. The van der Waals surface area contributed by atoms with E-state index in [2.05, 4.69) is 20.7 Å². The fourth-order valence-electron chi connectivity index (χ4n) is 3.02. The van der Waals surface area contributed by atoms with Gasteiger partial charge in [-0.3, -0.25) is 19.2 Å². The van der Waals surface area contributed by atoms with Gasteiger partial charge in [-0.05, 0) is 26.3 Å². The number of ether oxygens (including phenoxy) is 3. The van der Waals surface area contributed by atoms with Gasteiger partial charge in [0.1, 0.15) is 25.3 Å². The van der Waals surface area contributed by atoms with Gasteiger partial charge in [0, 0.05) is 0 Å². The predicted molar refractivity (Wildman–Crippen MR) is 114 cm³/mol. The first-order chi connectivity index (χ1) is 15.5. The van der Waals surface area contributed by atoms with Gasteiger partial charge in [-0.2, -0.15) is 0 Å². The molecule has 1 aromatic carbocycles. The van der Waals surface area contributed by atoms with Crippen molar-refractivity contribution in [1.29, 1.82) is 0 Å². The Balaban J connectivity index is 1.80. The number of nitrogens with one attached hydrogen (secondary N) is 3. The van der Waals surface area contributed by atoms with E-state index in [1.807, 2.05) is 18.2 Å². The first-order valence-corrected chi connectivity index (χ1v) is 10.3. The minimum atomic E-state index is -0.912. The minimum Gasteiger partial charge on any atom is -0.469 e. The Kier molecular flexibility index (Phi) is 8.78. The summed E-state index contributed by atoms with van der Waals surface area (Å²) in [5, 5.41) is 7.21. The summed E-state index contributed by atoms with van der Waals surface area (Å²) in [7, 11) is 1.17. The van der Waals surface area contributed by atoms with Crippen molar-refractivity contribution in [2.45, 2.75) is 39.0 Å². The number of carbonyl (C=O) groups is 5. The number of hydrogen-bond donors (Lipinski definition) is 3. The van der Waals surface area contributed by atoms with Crippen molar-refractivity contribution >= 4 is 29.8 Å². The Bertz CT molecular complexity index is 881. The molecule has 1 fully saturated rings. The quantitative estimate of drug-likeness (QED) is 0.349. The maximum absolute atomic E-state index is 12.5. The average Bonchev–Trinajstić information content (AvgIpc) is 3.47. The Morgan fingerprint density at radius 2 is 1.61 bits per heavy atom. The molecule has 11 nitrogen and oxygen atoms in total. The number of benzene rings is 1. The lowest BCUT2D eigenvalue weighted by atomic mass is 10.2. The zero-order valence-electron chi connectivity index (χ0n) is 19.0. The largest absolute Gasteiger partial charge is 0.469 e. The lowest BCUT2D eigenvalue weighted by Gasteiger charge is -2.19. The molecule has 1 aliphatic rings.